The Morgan fingerprint density at radius 3 is 1.37 bits per heavy atom. The SMILES string of the molecule is C=C/C=c1/cc(-c2ccc3cc(-c4ccc(-c5c6ccccc6c(-c6ccc7ccccc7c6)c6ccccc56)cc4)ccc3c2)cc/c1=C/C. The summed E-state index contributed by atoms with van der Waals surface area (Å²) in [5, 5.41) is 12.5. The second kappa shape index (κ2) is 12.8. The van der Waals surface area contributed by atoms with Crippen LogP contribution in [0.15, 0.2) is 183 Å². The molecule has 0 saturated carbocycles. The first kappa shape index (κ1) is 30.6. The summed E-state index contributed by atoms with van der Waals surface area (Å²) in [6, 6.07) is 62.6. The van der Waals surface area contributed by atoms with Crippen molar-refractivity contribution in [2.45, 2.75) is 6.92 Å². The average Bonchev–Trinajstić information content (AvgIpc) is 3.19. The maximum absolute atomic E-state index is 3.90. The highest BCUT2D eigenvalue weighted by molar-refractivity contribution is 6.21. The Kier molecular flexibility index (Phi) is 7.64. The topological polar surface area (TPSA) is 0 Å². The van der Waals surface area contributed by atoms with Crippen molar-refractivity contribution in [2.24, 2.45) is 0 Å². The average molecular weight is 649 g/mol. The molecule has 0 aliphatic rings. The van der Waals surface area contributed by atoms with Gasteiger partial charge in [-0.3, -0.25) is 0 Å². The molecule has 9 aromatic carbocycles. The molecule has 0 bridgehead atoms. The summed E-state index contributed by atoms with van der Waals surface area (Å²) in [7, 11) is 0. The number of benzene rings is 9. The molecular weight excluding hydrogens is 613 g/mol. The zero-order valence-corrected chi connectivity index (χ0v) is 28.6. The van der Waals surface area contributed by atoms with Crippen molar-refractivity contribution in [3.8, 4) is 44.5 Å². The minimum Gasteiger partial charge on any atom is -0.0990 e. The molecule has 0 saturated heterocycles. The lowest BCUT2D eigenvalue weighted by Gasteiger charge is -2.18. The predicted octanol–water partition coefficient (Wildman–Crippen LogP) is 12.7. The molecule has 0 amide bonds. The highest BCUT2D eigenvalue weighted by Gasteiger charge is 2.17. The fraction of sp³-hybridized carbons (Fsp3) is 0.0196. The normalized spacial score (nSPS) is 12.3. The summed E-state index contributed by atoms with van der Waals surface area (Å²) >= 11 is 0. The maximum Gasteiger partial charge on any atom is -0.00262 e. The van der Waals surface area contributed by atoms with Crippen LogP contribution in [0.5, 0.6) is 0 Å². The van der Waals surface area contributed by atoms with Crippen LogP contribution in [0, 0.1) is 0 Å². The molecule has 0 atom stereocenters. The molecule has 0 nitrogen and oxygen atoms in total. The quantitative estimate of drug-likeness (QED) is 0.163. The van der Waals surface area contributed by atoms with Crippen LogP contribution in [0.4, 0.5) is 0 Å². The third-order valence-corrected chi connectivity index (χ3v) is 10.3. The molecule has 9 rings (SSSR count). The molecule has 240 valence electrons. The van der Waals surface area contributed by atoms with E-state index in [0.29, 0.717) is 0 Å². The molecule has 0 N–H and O–H groups in total. The van der Waals surface area contributed by atoms with E-state index in [4.69, 9.17) is 0 Å². The van der Waals surface area contributed by atoms with Crippen LogP contribution in [0.2, 0.25) is 0 Å². The van der Waals surface area contributed by atoms with Crippen LogP contribution in [0.1, 0.15) is 6.92 Å². The van der Waals surface area contributed by atoms with Crippen LogP contribution >= 0.6 is 0 Å². The number of fused-ring (bicyclic) bond motifs is 4. The zero-order chi connectivity index (χ0) is 34.3. The molecular formula is C51H36. The Morgan fingerprint density at radius 2 is 0.765 bits per heavy atom. The van der Waals surface area contributed by atoms with Gasteiger partial charge in [0.1, 0.15) is 0 Å². The predicted molar refractivity (Wildman–Crippen MR) is 222 cm³/mol. The standard InChI is InChI=1S/C51H36/c1-3-11-38-30-41(24-18-34(38)4-2)44-28-27-42-31-40(25-26-43(42)32-44)36-19-22-37(23-20-36)50-46-14-7-9-16-48(46)51(49-17-10-8-15-47(49)50)45-29-21-35-12-5-6-13-39(35)33-45/h3-33H,1H2,2H3/b34-4-,38-11-. The van der Waals surface area contributed by atoms with Gasteiger partial charge in [-0.15, -0.1) is 0 Å². The van der Waals surface area contributed by atoms with Gasteiger partial charge in [-0.05, 0) is 129 Å². The van der Waals surface area contributed by atoms with Crippen LogP contribution < -0.4 is 10.4 Å². The van der Waals surface area contributed by atoms with E-state index in [0.717, 1.165) is 0 Å². The van der Waals surface area contributed by atoms with Crippen molar-refractivity contribution in [1.29, 1.82) is 0 Å². The van der Waals surface area contributed by atoms with E-state index < -0.39 is 0 Å². The van der Waals surface area contributed by atoms with Gasteiger partial charge in [-0.2, -0.15) is 0 Å². The lowest BCUT2D eigenvalue weighted by molar-refractivity contribution is 1.50. The summed E-state index contributed by atoms with van der Waals surface area (Å²) in [5.41, 5.74) is 9.89. The third kappa shape index (κ3) is 5.43. The Morgan fingerprint density at radius 1 is 0.353 bits per heavy atom. The van der Waals surface area contributed by atoms with Gasteiger partial charge in [0.25, 0.3) is 0 Å². The van der Waals surface area contributed by atoms with Crippen molar-refractivity contribution >= 4 is 55.2 Å². The summed E-state index contributed by atoms with van der Waals surface area (Å²) in [6.07, 6.45) is 6.07. The van der Waals surface area contributed by atoms with E-state index >= 15 is 0 Å². The molecule has 0 aromatic heterocycles. The number of hydrogen-bond acceptors (Lipinski definition) is 0. The smallest absolute Gasteiger partial charge is 0.00262 e. The minimum atomic E-state index is 1.19. The Balaban J connectivity index is 1.11. The fourth-order valence-corrected chi connectivity index (χ4v) is 7.82. The van der Waals surface area contributed by atoms with E-state index in [1.165, 1.54) is 98.0 Å². The second-order valence-corrected chi connectivity index (χ2v) is 13.3. The van der Waals surface area contributed by atoms with Gasteiger partial charge in [0.05, 0.1) is 0 Å². The Labute approximate surface area is 298 Å². The largest absolute Gasteiger partial charge is 0.0990 e. The highest BCUT2D eigenvalue weighted by Crippen LogP contribution is 2.44. The molecule has 0 fully saturated rings. The van der Waals surface area contributed by atoms with Gasteiger partial charge >= 0.3 is 0 Å². The molecule has 0 aliphatic heterocycles. The van der Waals surface area contributed by atoms with Gasteiger partial charge < -0.3 is 0 Å². The third-order valence-electron chi connectivity index (χ3n) is 10.3. The van der Waals surface area contributed by atoms with Crippen molar-refractivity contribution < 1.29 is 0 Å². The van der Waals surface area contributed by atoms with Gasteiger partial charge in [0.15, 0.2) is 0 Å². The van der Waals surface area contributed by atoms with Crippen LogP contribution in [0.3, 0.4) is 0 Å². The number of allylic oxidation sites excluding steroid dienone is 1. The maximum atomic E-state index is 3.90. The first-order valence-electron chi connectivity index (χ1n) is 17.7. The molecule has 9 aromatic rings. The Hall–Kier alpha value is -6.50. The molecule has 0 heterocycles. The van der Waals surface area contributed by atoms with Crippen molar-refractivity contribution in [2.75, 3.05) is 0 Å². The molecule has 0 spiro atoms. The van der Waals surface area contributed by atoms with Crippen LogP contribution in [-0.4, -0.2) is 0 Å². The van der Waals surface area contributed by atoms with E-state index in [1.807, 2.05) is 6.08 Å². The number of hydrogen-bond donors (Lipinski definition) is 0. The van der Waals surface area contributed by atoms with E-state index in [2.05, 4.69) is 196 Å². The van der Waals surface area contributed by atoms with Gasteiger partial charge in [-0.1, -0.05) is 170 Å². The van der Waals surface area contributed by atoms with Crippen LogP contribution in [-0.2, 0) is 0 Å². The lowest BCUT2D eigenvalue weighted by atomic mass is 9.85. The van der Waals surface area contributed by atoms with Crippen molar-refractivity contribution in [3.63, 3.8) is 0 Å². The number of rotatable bonds is 5. The van der Waals surface area contributed by atoms with Crippen molar-refractivity contribution in [1.82, 2.24) is 0 Å². The first-order valence-corrected chi connectivity index (χ1v) is 17.7. The monoisotopic (exact) mass is 648 g/mol. The van der Waals surface area contributed by atoms with Gasteiger partial charge in [0.2, 0.25) is 0 Å². The van der Waals surface area contributed by atoms with E-state index in [-0.39, 0.29) is 0 Å². The molecule has 0 heteroatoms. The molecule has 51 heavy (non-hydrogen) atoms. The minimum absolute atomic E-state index is 1.19. The molecule has 0 aliphatic carbocycles. The Bertz CT molecular complexity index is 2870. The highest BCUT2D eigenvalue weighted by atomic mass is 14.2. The first-order chi connectivity index (χ1) is 25.2. The second-order valence-electron chi connectivity index (χ2n) is 13.3. The molecule has 0 unspecified atom stereocenters. The molecule has 0 radical (unpaired) electrons. The summed E-state index contributed by atoms with van der Waals surface area (Å²) < 4.78 is 0. The van der Waals surface area contributed by atoms with E-state index in [1.54, 1.807) is 0 Å². The summed E-state index contributed by atoms with van der Waals surface area (Å²) in [5.74, 6) is 0. The van der Waals surface area contributed by atoms with Gasteiger partial charge in [-0.25, -0.2) is 0 Å². The lowest BCUT2D eigenvalue weighted by Crippen LogP contribution is -2.23. The van der Waals surface area contributed by atoms with E-state index in [9.17, 15) is 0 Å². The van der Waals surface area contributed by atoms with Gasteiger partial charge in [0, 0.05) is 0 Å². The summed E-state index contributed by atoms with van der Waals surface area (Å²) in [4.78, 5) is 0. The zero-order valence-electron chi connectivity index (χ0n) is 28.6. The van der Waals surface area contributed by atoms with Crippen molar-refractivity contribution in [3.05, 3.63) is 193 Å². The van der Waals surface area contributed by atoms with Crippen LogP contribution in [0.25, 0.3) is 99.7 Å². The summed E-state index contributed by atoms with van der Waals surface area (Å²) in [6.45, 7) is 5.98. The fourth-order valence-electron chi connectivity index (χ4n) is 7.82.